The molecule has 2 aromatic rings. The number of carbonyl (C=O) groups is 1. The van der Waals surface area contributed by atoms with E-state index in [-0.39, 0.29) is 11.9 Å². The monoisotopic (exact) mass is 395 g/mol. The Hall–Kier alpha value is -1.56. The lowest BCUT2D eigenvalue weighted by Gasteiger charge is -2.25. The number of halogens is 2. The average molecular weight is 396 g/mol. The van der Waals surface area contributed by atoms with Crippen LogP contribution in [-0.4, -0.2) is 39.8 Å². The molecule has 1 aliphatic heterocycles. The first-order valence-corrected chi connectivity index (χ1v) is 9.61. The van der Waals surface area contributed by atoms with E-state index in [9.17, 15) is 4.79 Å². The van der Waals surface area contributed by atoms with E-state index >= 15 is 0 Å². The smallest absolute Gasteiger partial charge is 0.275 e. The van der Waals surface area contributed by atoms with Gasteiger partial charge >= 0.3 is 0 Å². The number of carbonyl (C=O) groups excluding carboxylic acids is 1. The first-order chi connectivity index (χ1) is 12.4. The van der Waals surface area contributed by atoms with Crippen LogP contribution in [0.3, 0.4) is 0 Å². The lowest BCUT2D eigenvalue weighted by molar-refractivity contribution is 0.0787. The Bertz CT molecular complexity index is 770. The van der Waals surface area contributed by atoms with Crippen LogP contribution < -0.4 is 0 Å². The van der Waals surface area contributed by atoms with Gasteiger partial charge in [-0.2, -0.15) is 0 Å². The summed E-state index contributed by atoms with van der Waals surface area (Å²) in [7, 11) is 0. The maximum Gasteiger partial charge on any atom is 0.275 e. The number of amides is 1. The molecular weight excluding hydrogens is 373 g/mol. The zero-order chi connectivity index (χ0) is 18.7. The molecule has 1 aromatic carbocycles. The van der Waals surface area contributed by atoms with Crippen molar-refractivity contribution in [3.05, 3.63) is 51.7 Å². The van der Waals surface area contributed by atoms with Crippen LogP contribution in [0, 0.1) is 0 Å². The molecule has 1 fully saturated rings. The van der Waals surface area contributed by atoms with Crippen molar-refractivity contribution < 1.29 is 9.21 Å². The fraction of sp³-hybridized carbons (Fsp3) is 0.474. The Morgan fingerprint density at radius 1 is 1.23 bits per heavy atom. The number of rotatable bonds is 6. The summed E-state index contributed by atoms with van der Waals surface area (Å²) in [5, 5.41) is 1.09. The van der Waals surface area contributed by atoms with Crippen LogP contribution in [-0.2, 0) is 13.1 Å². The molecule has 0 aliphatic carbocycles. The highest BCUT2D eigenvalue weighted by Crippen LogP contribution is 2.24. The van der Waals surface area contributed by atoms with E-state index in [0.717, 1.165) is 31.5 Å². The summed E-state index contributed by atoms with van der Waals surface area (Å²) >= 11 is 12.1. The molecule has 5 nitrogen and oxygen atoms in total. The molecule has 0 radical (unpaired) electrons. The van der Waals surface area contributed by atoms with Gasteiger partial charge in [0.25, 0.3) is 5.91 Å². The second kappa shape index (κ2) is 8.42. The molecule has 2 heterocycles. The van der Waals surface area contributed by atoms with Crippen LogP contribution in [0.5, 0.6) is 0 Å². The summed E-state index contributed by atoms with van der Waals surface area (Å²) in [5.41, 5.74) is 1.45. The number of aromatic nitrogens is 1. The number of likely N-dealkylation sites (tertiary alicyclic amines) is 1. The molecule has 140 valence electrons. The Morgan fingerprint density at radius 3 is 2.62 bits per heavy atom. The zero-order valence-corrected chi connectivity index (χ0v) is 16.6. The van der Waals surface area contributed by atoms with Crippen molar-refractivity contribution >= 4 is 29.1 Å². The van der Waals surface area contributed by atoms with Gasteiger partial charge in [-0.05, 0) is 44.4 Å². The van der Waals surface area contributed by atoms with Gasteiger partial charge in [0.05, 0.1) is 16.6 Å². The van der Waals surface area contributed by atoms with Crippen molar-refractivity contribution in [2.75, 3.05) is 13.1 Å². The summed E-state index contributed by atoms with van der Waals surface area (Å²) in [5.74, 6) is 0.499. The Labute approximate surface area is 163 Å². The van der Waals surface area contributed by atoms with Gasteiger partial charge in [-0.25, -0.2) is 4.98 Å². The summed E-state index contributed by atoms with van der Waals surface area (Å²) < 4.78 is 5.56. The van der Waals surface area contributed by atoms with E-state index in [4.69, 9.17) is 27.6 Å². The molecule has 1 aromatic heterocycles. The van der Waals surface area contributed by atoms with Gasteiger partial charge in [-0.1, -0.05) is 29.3 Å². The minimum atomic E-state index is -0.0434. The fourth-order valence-electron chi connectivity index (χ4n) is 3.03. The molecule has 0 spiro atoms. The van der Waals surface area contributed by atoms with Gasteiger partial charge in [0.2, 0.25) is 5.89 Å². The van der Waals surface area contributed by atoms with Crippen molar-refractivity contribution in [2.24, 2.45) is 0 Å². The summed E-state index contributed by atoms with van der Waals surface area (Å²) in [6.07, 6.45) is 3.58. The normalized spacial score (nSPS) is 14.6. The van der Waals surface area contributed by atoms with E-state index in [1.54, 1.807) is 6.07 Å². The number of oxazole rings is 1. The topological polar surface area (TPSA) is 49.6 Å². The minimum absolute atomic E-state index is 0.0434. The molecule has 0 unspecified atom stereocenters. The van der Waals surface area contributed by atoms with Gasteiger partial charge in [0.1, 0.15) is 6.26 Å². The molecule has 0 saturated carbocycles. The van der Waals surface area contributed by atoms with E-state index in [0.29, 0.717) is 34.7 Å². The average Bonchev–Trinajstić information content (AvgIpc) is 3.28. The van der Waals surface area contributed by atoms with Crippen LogP contribution in [0.2, 0.25) is 10.0 Å². The molecule has 3 rings (SSSR count). The fourth-order valence-corrected chi connectivity index (χ4v) is 3.35. The van der Waals surface area contributed by atoms with Crippen LogP contribution in [0.15, 0.2) is 28.9 Å². The Balaban J connectivity index is 1.68. The maximum atomic E-state index is 12.4. The van der Waals surface area contributed by atoms with Crippen molar-refractivity contribution in [1.29, 1.82) is 0 Å². The van der Waals surface area contributed by atoms with Crippen LogP contribution >= 0.6 is 23.2 Å². The van der Waals surface area contributed by atoms with E-state index in [2.05, 4.69) is 23.7 Å². The molecule has 0 bridgehead atoms. The van der Waals surface area contributed by atoms with Gasteiger partial charge in [-0.15, -0.1) is 0 Å². The number of hydrogen-bond donors (Lipinski definition) is 0. The molecule has 1 saturated heterocycles. The van der Waals surface area contributed by atoms with E-state index < -0.39 is 0 Å². The molecule has 0 atom stereocenters. The predicted molar refractivity (Wildman–Crippen MR) is 102 cm³/mol. The van der Waals surface area contributed by atoms with Crippen molar-refractivity contribution in [3.63, 3.8) is 0 Å². The maximum absolute atomic E-state index is 12.4. The highest BCUT2D eigenvalue weighted by Gasteiger charge is 2.23. The lowest BCUT2D eigenvalue weighted by atomic mass is 10.2. The Kier molecular flexibility index (Phi) is 6.22. The Morgan fingerprint density at radius 2 is 1.96 bits per heavy atom. The van der Waals surface area contributed by atoms with Crippen LogP contribution in [0.1, 0.15) is 48.6 Å². The third kappa shape index (κ3) is 4.58. The first-order valence-electron chi connectivity index (χ1n) is 8.85. The van der Waals surface area contributed by atoms with Crippen molar-refractivity contribution in [3.8, 4) is 0 Å². The van der Waals surface area contributed by atoms with Gasteiger partial charge in [-0.3, -0.25) is 9.69 Å². The zero-order valence-electron chi connectivity index (χ0n) is 15.0. The van der Waals surface area contributed by atoms with Crippen LogP contribution in [0.4, 0.5) is 0 Å². The highest BCUT2D eigenvalue weighted by molar-refractivity contribution is 6.42. The second-order valence-corrected chi connectivity index (χ2v) is 7.69. The quantitative estimate of drug-likeness (QED) is 0.715. The van der Waals surface area contributed by atoms with Crippen LogP contribution in [0.25, 0.3) is 0 Å². The van der Waals surface area contributed by atoms with Gasteiger partial charge in [0, 0.05) is 25.7 Å². The van der Waals surface area contributed by atoms with Gasteiger partial charge < -0.3 is 9.32 Å². The molecule has 26 heavy (non-hydrogen) atoms. The molecule has 0 N–H and O–H groups in total. The molecule has 1 aliphatic rings. The molecule has 1 amide bonds. The largest absolute Gasteiger partial charge is 0.447 e. The lowest BCUT2D eigenvalue weighted by Crippen LogP contribution is -2.30. The summed E-state index contributed by atoms with van der Waals surface area (Å²) in [6, 6.07) is 5.91. The number of hydrogen-bond acceptors (Lipinski definition) is 4. The molecular formula is C19H23Cl2N3O2. The summed E-state index contributed by atoms with van der Waals surface area (Å²) in [6.45, 7) is 7.03. The molecule has 7 heteroatoms. The number of benzene rings is 1. The second-order valence-electron chi connectivity index (χ2n) is 6.87. The number of nitrogens with zero attached hydrogens (tertiary/aromatic N) is 3. The third-order valence-electron chi connectivity index (χ3n) is 4.60. The predicted octanol–water partition coefficient (Wildman–Crippen LogP) is 4.63. The SMILES string of the molecule is CC(C)N(Cc1ccc(Cl)c(Cl)c1)Cc1nc(C(=O)N2CCCC2)co1. The van der Waals surface area contributed by atoms with E-state index in [1.807, 2.05) is 17.0 Å². The standard InChI is InChI=1S/C19H23Cl2N3O2/c1-13(2)24(10-14-5-6-15(20)16(21)9-14)11-18-22-17(12-26-18)19(25)23-7-3-4-8-23/h5-6,9,12-13H,3-4,7-8,10-11H2,1-2H3. The minimum Gasteiger partial charge on any atom is -0.447 e. The van der Waals surface area contributed by atoms with Crippen molar-refractivity contribution in [2.45, 2.75) is 45.8 Å². The van der Waals surface area contributed by atoms with E-state index in [1.165, 1.54) is 6.26 Å². The first kappa shape index (κ1) is 19.2. The van der Waals surface area contributed by atoms with Gasteiger partial charge in [0.15, 0.2) is 5.69 Å². The highest BCUT2D eigenvalue weighted by atomic mass is 35.5. The van der Waals surface area contributed by atoms with Crippen molar-refractivity contribution in [1.82, 2.24) is 14.8 Å². The summed E-state index contributed by atoms with van der Waals surface area (Å²) in [4.78, 5) is 20.8. The third-order valence-corrected chi connectivity index (χ3v) is 5.34.